The number of hydrogen-bond acceptors (Lipinski definition) is 5. The maximum absolute atomic E-state index is 12.5. The van der Waals surface area contributed by atoms with Crippen molar-refractivity contribution in [1.82, 2.24) is 15.8 Å². The standard InChI is InChI=1S/C17H25N3O4/c1-16(2)6-11-7-17(3,9-16)10-20(11)14(22)8-24-15(23)12-4-5-13(21)19-18-12/h4,11,18H,5-10H2,1-3H3,(H,19,21)/t11-,17-/m0/s1. The molecule has 2 atom stereocenters. The average Bonchev–Trinajstić information content (AvgIpc) is 2.74. The second kappa shape index (κ2) is 5.79. The summed E-state index contributed by atoms with van der Waals surface area (Å²) in [5, 5.41) is 0. The number of nitrogens with zero attached hydrogens (tertiary/aromatic N) is 1. The molecule has 2 N–H and O–H groups in total. The SMILES string of the molecule is CC1(C)C[C@H]2C[C@](C)(CN2C(=O)COC(=O)C2=CCC(=O)NN2)C1. The van der Waals surface area contributed by atoms with Gasteiger partial charge in [0.1, 0.15) is 5.70 Å². The number of fused-ring (bicyclic) bond motifs is 2. The first-order chi connectivity index (χ1) is 11.2. The Bertz CT molecular complexity index is 613. The Balaban J connectivity index is 1.56. The van der Waals surface area contributed by atoms with E-state index in [4.69, 9.17) is 4.74 Å². The summed E-state index contributed by atoms with van der Waals surface area (Å²) < 4.78 is 5.11. The van der Waals surface area contributed by atoms with Gasteiger partial charge in [-0.25, -0.2) is 4.79 Å². The molecule has 3 rings (SSSR count). The van der Waals surface area contributed by atoms with E-state index in [1.807, 2.05) is 4.90 Å². The highest BCUT2D eigenvalue weighted by Crippen LogP contribution is 2.52. The van der Waals surface area contributed by atoms with Gasteiger partial charge in [-0.3, -0.25) is 20.4 Å². The fourth-order valence-corrected chi connectivity index (χ4v) is 4.61. The molecular formula is C17H25N3O4. The number of esters is 1. The van der Waals surface area contributed by atoms with Gasteiger partial charge in [-0.05, 0) is 36.2 Å². The molecular weight excluding hydrogens is 310 g/mol. The third-order valence-electron chi connectivity index (χ3n) is 5.11. The molecule has 2 fully saturated rings. The zero-order valence-electron chi connectivity index (χ0n) is 14.5. The van der Waals surface area contributed by atoms with Crippen LogP contribution in [0, 0.1) is 10.8 Å². The third-order valence-corrected chi connectivity index (χ3v) is 5.11. The van der Waals surface area contributed by atoms with Crippen molar-refractivity contribution >= 4 is 17.8 Å². The number of hydrazine groups is 1. The Morgan fingerprint density at radius 3 is 2.71 bits per heavy atom. The van der Waals surface area contributed by atoms with Gasteiger partial charge < -0.3 is 9.64 Å². The lowest BCUT2D eigenvalue weighted by Crippen LogP contribution is -2.43. The van der Waals surface area contributed by atoms with Gasteiger partial charge in [0.15, 0.2) is 6.61 Å². The number of rotatable bonds is 3. The summed E-state index contributed by atoms with van der Waals surface area (Å²) in [5.41, 5.74) is 5.38. The lowest BCUT2D eigenvalue weighted by atomic mass is 9.65. The van der Waals surface area contributed by atoms with Crippen LogP contribution in [0.15, 0.2) is 11.8 Å². The summed E-state index contributed by atoms with van der Waals surface area (Å²) >= 11 is 0. The minimum Gasteiger partial charge on any atom is -0.451 e. The maximum Gasteiger partial charge on any atom is 0.356 e. The molecule has 0 spiro atoms. The lowest BCUT2D eigenvalue weighted by molar-refractivity contribution is -0.150. The van der Waals surface area contributed by atoms with Crippen LogP contribution >= 0.6 is 0 Å². The minimum absolute atomic E-state index is 0.118. The van der Waals surface area contributed by atoms with Crippen molar-refractivity contribution in [1.29, 1.82) is 0 Å². The highest BCUT2D eigenvalue weighted by atomic mass is 16.5. The largest absolute Gasteiger partial charge is 0.451 e. The lowest BCUT2D eigenvalue weighted by Gasteiger charge is -2.39. The summed E-state index contributed by atoms with van der Waals surface area (Å²) in [6.45, 7) is 7.20. The van der Waals surface area contributed by atoms with Gasteiger partial charge in [-0.2, -0.15) is 0 Å². The Labute approximate surface area is 141 Å². The number of amides is 2. The van der Waals surface area contributed by atoms with E-state index < -0.39 is 5.97 Å². The molecule has 7 nitrogen and oxygen atoms in total. The van der Waals surface area contributed by atoms with Crippen molar-refractivity contribution in [2.75, 3.05) is 13.2 Å². The van der Waals surface area contributed by atoms with Crippen LogP contribution in [-0.2, 0) is 19.1 Å². The zero-order chi connectivity index (χ0) is 17.5. The Morgan fingerprint density at radius 2 is 2.04 bits per heavy atom. The van der Waals surface area contributed by atoms with Crippen molar-refractivity contribution in [2.45, 2.75) is 52.5 Å². The van der Waals surface area contributed by atoms with E-state index in [0.29, 0.717) is 0 Å². The molecule has 0 aromatic rings. The fourth-order valence-electron chi connectivity index (χ4n) is 4.61. The minimum atomic E-state index is -0.628. The first-order valence-electron chi connectivity index (χ1n) is 8.39. The van der Waals surface area contributed by atoms with Crippen molar-refractivity contribution in [3.63, 3.8) is 0 Å². The summed E-state index contributed by atoms with van der Waals surface area (Å²) in [6, 6.07) is 0.233. The van der Waals surface area contributed by atoms with Gasteiger partial charge in [-0.1, -0.05) is 20.8 Å². The van der Waals surface area contributed by atoms with Gasteiger partial charge in [0.25, 0.3) is 5.91 Å². The van der Waals surface area contributed by atoms with E-state index in [1.54, 1.807) is 0 Å². The van der Waals surface area contributed by atoms with Crippen LogP contribution in [0.5, 0.6) is 0 Å². The monoisotopic (exact) mass is 335 g/mol. The van der Waals surface area contributed by atoms with Crippen LogP contribution in [0.2, 0.25) is 0 Å². The molecule has 24 heavy (non-hydrogen) atoms. The number of nitrogens with one attached hydrogen (secondary N) is 2. The van der Waals surface area contributed by atoms with E-state index in [9.17, 15) is 14.4 Å². The number of carbonyl (C=O) groups excluding carboxylic acids is 3. The van der Waals surface area contributed by atoms with Gasteiger partial charge in [0.2, 0.25) is 5.91 Å². The normalized spacial score (nSPS) is 31.0. The fraction of sp³-hybridized carbons (Fsp3) is 0.706. The summed E-state index contributed by atoms with van der Waals surface area (Å²) in [7, 11) is 0. The van der Waals surface area contributed by atoms with Crippen LogP contribution in [0.25, 0.3) is 0 Å². The highest BCUT2D eigenvalue weighted by Gasteiger charge is 2.50. The molecule has 132 valence electrons. The van der Waals surface area contributed by atoms with Crippen LogP contribution in [-0.4, -0.2) is 41.9 Å². The van der Waals surface area contributed by atoms with Crippen LogP contribution in [0.3, 0.4) is 0 Å². The van der Waals surface area contributed by atoms with Crippen LogP contribution in [0.1, 0.15) is 46.5 Å². The predicted molar refractivity (Wildman–Crippen MR) is 86.2 cm³/mol. The van der Waals surface area contributed by atoms with Crippen LogP contribution < -0.4 is 10.9 Å². The number of likely N-dealkylation sites (tertiary alicyclic amines) is 1. The predicted octanol–water partition coefficient (Wildman–Crippen LogP) is 0.865. The van der Waals surface area contributed by atoms with Crippen molar-refractivity contribution in [3.05, 3.63) is 11.8 Å². The molecule has 2 heterocycles. The molecule has 0 unspecified atom stereocenters. The zero-order valence-corrected chi connectivity index (χ0v) is 14.5. The number of ether oxygens (including phenoxy) is 1. The van der Waals surface area contributed by atoms with Gasteiger partial charge in [-0.15, -0.1) is 0 Å². The molecule has 3 aliphatic rings. The quantitative estimate of drug-likeness (QED) is 0.747. The molecule has 0 aromatic heterocycles. The van der Waals surface area contributed by atoms with Gasteiger partial charge >= 0.3 is 5.97 Å². The van der Waals surface area contributed by atoms with E-state index in [0.717, 1.165) is 25.8 Å². The first-order valence-corrected chi connectivity index (χ1v) is 8.39. The van der Waals surface area contributed by atoms with Crippen molar-refractivity contribution in [2.24, 2.45) is 10.8 Å². The molecule has 2 amide bonds. The van der Waals surface area contributed by atoms with Gasteiger partial charge in [0.05, 0.1) is 0 Å². The van der Waals surface area contributed by atoms with E-state index >= 15 is 0 Å². The summed E-state index contributed by atoms with van der Waals surface area (Å²) in [5.74, 6) is -0.991. The van der Waals surface area contributed by atoms with E-state index in [-0.39, 0.29) is 47.4 Å². The average molecular weight is 335 g/mol. The summed E-state index contributed by atoms with van der Waals surface area (Å²) in [4.78, 5) is 37.4. The Kier molecular flexibility index (Phi) is 4.05. The second-order valence-corrected chi connectivity index (χ2v) is 8.31. The number of hydrogen-bond donors (Lipinski definition) is 2. The smallest absolute Gasteiger partial charge is 0.356 e. The molecule has 1 aliphatic carbocycles. The molecule has 0 aromatic carbocycles. The molecule has 0 radical (unpaired) electrons. The van der Waals surface area contributed by atoms with Crippen LogP contribution in [0.4, 0.5) is 0 Å². The van der Waals surface area contributed by atoms with E-state index in [2.05, 4.69) is 31.6 Å². The van der Waals surface area contributed by atoms with E-state index in [1.165, 1.54) is 6.08 Å². The van der Waals surface area contributed by atoms with Crippen molar-refractivity contribution in [3.8, 4) is 0 Å². The molecule has 7 heteroatoms. The maximum atomic E-state index is 12.5. The Hall–Kier alpha value is -2.05. The topological polar surface area (TPSA) is 87.7 Å². The molecule has 1 saturated heterocycles. The number of carbonyl (C=O) groups is 3. The third kappa shape index (κ3) is 3.39. The Morgan fingerprint density at radius 1 is 1.29 bits per heavy atom. The molecule has 2 bridgehead atoms. The summed E-state index contributed by atoms with van der Waals surface area (Å²) in [6.07, 6.45) is 4.69. The van der Waals surface area contributed by atoms with Gasteiger partial charge in [0, 0.05) is 19.0 Å². The van der Waals surface area contributed by atoms with Crippen molar-refractivity contribution < 1.29 is 19.1 Å². The highest BCUT2D eigenvalue weighted by molar-refractivity contribution is 5.92. The second-order valence-electron chi connectivity index (χ2n) is 8.31. The molecule has 1 saturated carbocycles. The molecule has 2 aliphatic heterocycles. The first kappa shape index (κ1) is 16.8.